The Bertz CT molecular complexity index is 3290. The monoisotopic (exact) mass is 1200 g/mol. The first-order chi connectivity index (χ1) is 39.2. The lowest BCUT2D eigenvalue weighted by Gasteiger charge is -2.52. The number of benzene rings is 4. The van der Waals surface area contributed by atoms with Crippen molar-refractivity contribution in [1.82, 2.24) is 21.3 Å². The Morgan fingerprint density at radius 2 is 0.988 bits per heavy atom. The predicted octanol–water partition coefficient (Wildman–Crippen LogP) is 11.6. The van der Waals surface area contributed by atoms with Crippen LogP contribution in [0.2, 0.25) is 20.1 Å². The van der Waals surface area contributed by atoms with Crippen molar-refractivity contribution in [3.05, 3.63) is 127 Å². The molecule has 0 unspecified atom stereocenters. The number of hydrogen-bond acceptors (Lipinski definition) is 8. The quantitative estimate of drug-likeness (QED) is 0.0835. The number of carboxylic acid groups (broad SMARTS) is 2. The number of nitrogens with one attached hydrogen (secondary N) is 6. The highest BCUT2D eigenvalue weighted by molar-refractivity contribution is 6.32. The first-order valence-electron chi connectivity index (χ1n) is 29.0. The molecule has 4 aliphatic heterocycles. The minimum Gasteiger partial charge on any atom is -0.481 e. The summed E-state index contributed by atoms with van der Waals surface area (Å²) in [6, 6.07) is 18.0. The van der Waals surface area contributed by atoms with E-state index in [1.807, 2.05) is 12.1 Å². The smallest absolute Gasteiger partial charge is 0.309 e. The second kappa shape index (κ2) is 21.3. The zero-order valence-corrected chi connectivity index (χ0v) is 48.2. The van der Waals surface area contributed by atoms with Crippen LogP contribution in [0.3, 0.4) is 0 Å². The van der Waals surface area contributed by atoms with Gasteiger partial charge in [0.1, 0.15) is 22.5 Å². The van der Waals surface area contributed by atoms with Gasteiger partial charge in [-0.3, -0.25) is 39.4 Å². The van der Waals surface area contributed by atoms with E-state index in [9.17, 15) is 39.0 Å². The summed E-state index contributed by atoms with van der Waals surface area (Å²) in [6.07, 6.45) is 13.4. The van der Waals surface area contributed by atoms with Crippen molar-refractivity contribution in [3.8, 4) is 0 Å². The summed E-state index contributed by atoms with van der Waals surface area (Å²) >= 11 is 25.3. The van der Waals surface area contributed by atoms with Gasteiger partial charge in [-0.15, -0.1) is 0 Å². The van der Waals surface area contributed by atoms with Gasteiger partial charge in [0.2, 0.25) is 23.6 Å². The number of amides is 4. The third-order valence-electron chi connectivity index (χ3n) is 21.1. The molecule has 4 heterocycles. The largest absolute Gasteiger partial charge is 0.481 e. The summed E-state index contributed by atoms with van der Waals surface area (Å²) in [5.41, 5.74) is -2.37. The Morgan fingerprint density at radius 3 is 1.41 bits per heavy atom. The Morgan fingerprint density at radius 1 is 0.549 bits per heavy atom. The molecule has 8 N–H and O–H groups in total. The second-order valence-corrected chi connectivity index (χ2v) is 26.6. The van der Waals surface area contributed by atoms with Crippen LogP contribution in [0.4, 0.5) is 20.2 Å². The van der Waals surface area contributed by atoms with Crippen molar-refractivity contribution >= 4 is 93.3 Å². The van der Waals surface area contributed by atoms with Crippen LogP contribution >= 0.6 is 46.4 Å². The van der Waals surface area contributed by atoms with Crippen LogP contribution in [-0.4, -0.2) is 80.5 Å². The molecule has 0 radical (unpaired) electrons. The van der Waals surface area contributed by atoms with Gasteiger partial charge < -0.3 is 31.5 Å². The van der Waals surface area contributed by atoms with E-state index >= 15 is 8.78 Å². The van der Waals surface area contributed by atoms with Crippen LogP contribution in [0.25, 0.3) is 0 Å². The van der Waals surface area contributed by atoms with Crippen molar-refractivity contribution in [2.24, 2.45) is 11.3 Å². The maximum absolute atomic E-state index is 16.1. The Labute approximate surface area is 494 Å². The Hall–Kier alpha value is -5.36. The number of hydrogen-bond donors (Lipinski definition) is 8. The highest BCUT2D eigenvalue weighted by Gasteiger charge is 2.74. The van der Waals surface area contributed by atoms with E-state index < -0.39 is 86.3 Å². The average Bonchev–Trinajstić information content (AvgIpc) is 2.41. The van der Waals surface area contributed by atoms with Gasteiger partial charge in [-0.1, -0.05) is 121 Å². The second-order valence-electron chi connectivity index (χ2n) is 24.9. The number of aliphatic carboxylic acids is 2. The van der Waals surface area contributed by atoms with Crippen molar-refractivity contribution < 1.29 is 47.8 Å². The molecule has 4 aromatic carbocycles. The molecule has 2 bridgehead atoms. The van der Waals surface area contributed by atoms with Crippen LogP contribution < -0.4 is 31.9 Å². The fourth-order valence-electron chi connectivity index (χ4n) is 17.2. The minimum absolute atomic E-state index is 0.0655. The number of carbonyl (C=O) groups is 6. The predicted molar refractivity (Wildman–Crippen MR) is 307 cm³/mol. The first-order valence-corrected chi connectivity index (χ1v) is 30.5. The molecule has 10 aliphatic rings. The van der Waals surface area contributed by atoms with Crippen molar-refractivity contribution in [2.45, 2.75) is 186 Å². The van der Waals surface area contributed by atoms with Crippen LogP contribution in [0.1, 0.15) is 163 Å². The molecule has 2 saturated heterocycles. The van der Waals surface area contributed by atoms with Gasteiger partial charge in [-0.05, 0) is 149 Å². The SMILES string of the molecule is O=C(NC12CCC(C(=O)O)(CC1)CC2)[C@@H]1NC2(CCCCC2)[C@@]2(C(=O)Nc3cc(Cl)ccc32)[C@H]1c1cccc(Cl)c1F.O=C(O)C1CCC(NC(=O)[C@@H]2NC3(CCCCC3)[C@@]3(C(=O)Nc4cc(Cl)ccc43)[C@H]2c2cccc(Cl)c2F)CC1. The summed E-state index contributed by atoms with van der Waals surface area (Å²) in [6.45, 7) is 0. The van der Waals surface area contributed by atoms with E-state index in [0.29, 0.717) is 122 Å². The summed E-state index contributed by atoms with van der Waals surface area (Å²) in [4.78, 5) is 80.9. The van der Waals surface area contributed by atoms with Gasteiger partial charge in [0.05, 0.1) is 33.5 Å². The number of rotatable bonds is 8. The fraction of sp³-hybridized carbons (Fsp3) is 0.516. The summed E-state index contributed by atoms with van der Waals surface area (Å²) in [5, 5.41) is 39.9. The molecule has 6 atom stereocenters. The number of fused-ring (bicyclic) bond motifs is 9. The maximum atomic E-state index is 16.1. The van der Waals surface area contributed by atoms with E-state index in [2.05, 4.69) is 31.9 Å². The number of anilines is 2. The first kappa shape index (κ1) is 57.1. The van der Waals surface area contributed by atoms with E-state index in [0.717, 1.165) is 38.5 Å². The Kier molecular flexibility index (Phi) is 14.8. The van der Waals surface area contributed by atoms with Crippen molar-refractivity contribution in [2.75, 3.05) is 10.6 Å². The zero-order chi connectivity index (χ0) is 57.7. The van der Waals surface area contributed by atoms with E-state index in [1.54, 1.807) is 48.5 Å². The topological polar surface area (TPSA) is 215 Å². The van der Waals surface area contributed by atoms with Gasteiger partial charge in [0, 0.05) is 55.9 Å². The normalized spacial score (nSPS) is 32.6. The third-order valence-corrected chi connectivity index (χ3v) is 22.2. The lowest BCUT2D eigenvalue weighted by Crippen LogP contribution is -2.62. The van der Waals surface area contributed by atoms with Gasteiger partial charge in [0.15, 0.2) is 0 Å². The Balaban J connectivity index is 0.000000162. The lowest BCUT2D eigenvalue weighted by atomic mass is 9.55. The molecule has 4 amide bonds. The molecule has 6 saturated carbocycles. The number of carboxylic acids is 2. The van der Waals surface area contributed by atoms with Crippen LogP contribution in [-0.2, 0) is 39.6 Å². The van der Waals surface area contributed by atoms with Crippen LogP contribution in [0.15, 0.2) is 72.8 Å². The molecule has 4 spiro atoms. The van der Waals surface area contributed by atoms with Crippen molar-refractivity contribution in [1.29, 1.82) is 0 Å². The average molecular weight is 1200 g/mol. The third kappa shape index (κ3) is 8.79. The molecule has 14 rings (SSSR count). The van der Waals surface area contributed by atoms with E-state index in [1.165, 1.54) is 12.1 Å². The van der Waals surface area contributed by atoms with Crippen LogP contribution in [0.5, 0.6) is 0 Å². The van der Waals surface area contributed by atoms with Crippen LogP contribution in [0, 0.1) is 23.0 Å². The van der Waals surface area contributed by atoms with Gasteiger partial charge in [-0.25, -0.2) is 8.78 Å². The summed E-state index contributed by atoms with van der Waals surface area (Å²) < 4.78 is 32.0. The zero-order valence-electron chi connectivity index (χ0n) is 45.1. The molecule has 82 heavy (non-hydrogen) atoms. The molecule has 0 aromatic heterocycles. The molecule has 14 nitrogen and oxygen atoms in total. The number of halogens is 6. The molecule has 8 fully saturated rings. The van der Waals surface area contributed by atoms with Gasteiger partial charge in [0.25, 0.3) is 0 Å². The van der Waals surface area contributed by atoms with E-state index in [-0.39, 0.29) is 50.8 Å². The molecule has 4 aromatic rings. The molecular weight excluding hydrogens is 1140 g/mol. The highest BCUT2D eigenvalue weighted by Crippen LogP contribution is 2.65. The molecular formula is C62H66Cl4F2N6O8. The summed E-state index contributed by atoms with van der Waals surface area (Å²) in [5.74, 6) is -6.19. The lowest BCUT2D eigenvalue weighted by molar-refractivity contribution is -0.157. The summed E-state index contributed by atoms with van der Waals surface area (Å²) in [7, 11) is 0. The van der Waals surface area contributed by atoms with Gasteiger partial charge >= 0.3 is 11.9 Å². The standard InChI is InChI=1S/C32H34Cl2FN3O4.C30H32Cl2FN3O4/c33-18-7-8-20-22(17-18)36-27(40)32(20)23(19-5-4-6-21(34)24(19)35)25(37-31(32)9-2-1-3-10-31)26(39)38-30-14-11-29(12-15-30,13-16-30)28(41)42;31-17-9-12-20-22(15-17)35-28(40)30(20)23(19-5-4-6-21(32)24(19)33)25(36-29(30)13-2-1-3-14-29)26(37)34-18-10-7-16(8-11-18)27(38)39/h4-8,17,23,25,37H,1-3,9-16H2,(H,36,40)(H,38,39)(H,41,42);4-6,9,12,15-16,18,23,25,36H,1-3,7-8,10-11,13-14H2,(H,34,37)(H,35,40)(H,38,39)/t23-,25+,29?,30?,32+;16?,18?,23-,25+,30+/m00/s1. The minimum atomic E-state index is -1.28. The fourth-order valence-corrected chi connectivity index (χ4v) is 18.0. The van der Waals surface area contributed by atoms with E-state index in [4.69, 9.17) is 46.4 Å². The highest BCUT2D eigenvalue weighted by atomic mass is 35.5. The molecule has 6 aliphatic carbocycles. The maximum Gasteiger partial charge on any atom is 0.309 e. The number of carbonyl (C=O) groups excluding carboxylic acids is 4. The molecule has 20 heteroatoms. The van der Waals surface area contributed by atoms with Crippen molar-refractivity contribution in [3.63, 3.8) is 0 Å². The van der Waals surface area contributed by atoms with Gasteiger partial charge in [-0.2, -0.15) is 0 Å². The molecule has 434 valence electrons.